The number of esters is 1. The fraction of sp³-hybridized carbons (Fsp3) is 0.375. The van der Waals surface area contributed by atoms with Crippen LogP contribution in [0, 0.1) is 10.1 Å². The van der Waals surface area contributed by atoms with E-state index in [2.05, 4.69) is 0 Å². The van der Waals surface area contributed by atoms with Crippen LogP contribution in [0.1, 0.15) is 29.3 Å². The highest BCUT2D eigenvalue weighted by molar-refractivity contribution is 5.96. The molecule has 2 aromatic carbocycles. The molecule has 0 radical (unpaired) electrons. The normalized spacial score (nSPS) is 13.4. The van der Waals surface area contributed by atoms with Gasteiger partial charge in [-0.3, -0.25) is 24.5 Å². The van der Waals surface area contributed by atoms with Gasteiger partial charge in [-0.1, -0.05) is 30.3 Å². The Labute approximate surface area is 197 Å². The monoisotopic (exact) mass is 468 g/mol. The third-order valence-corrected chi connectivity index (χ3v) is 5.80. The first kappa shape index (κ1) is 24.7. The zero-order valence-electron chi connectivity index (χ0n) is 19.3. The van der Waals surface area contributed by atoms with E-state index in [9.17, 15) is 24.5 Å². The first-order valence-corrected chi connectivity index (χ1v) is 11.0. The third kappa shape index (κ3) is 6.09. The van der Waals surface area contributed by atoms with E-state index in [4.69, 9.17) is 4.74 Å². The minimum Gasteiger partial charge on any atom is -0.469 e. The number of piperazine rings is 1. The van der Waals surface area contributed by atoms with E-state index in [1.165, 1.54) is 25.0 Å². The van der Waals surface area contributed by atoms with Crippen LogP contribution in [-0.2, 0) is 20.9 Å². The van der Waals surface area contributed by atoms with E-state index in [1.54, 1.807) is 17.0 Å². The number of rotatable bonds is 8. The number of hydrogen-bond donors (Lipinski definition) is 0. The SMILES string of the molecule is COC(=O)CCN(Cc1ccccc1)C(=O)c1ccc(N2CCN(C(C)=O)CC2)c([N+](=O)[O-])c1. The standard InChI is InChI=1S/C24H28N4O6/c1-18(29)25-12-14-26(15-13-25)21-9-8-20(16-22(21)28(32)33)24(31)27(11-10-23(30)34-2)17-19-6-4-3-5-7-19/h3-9,16H,10-15,17H2,1-2H3. The number of anilines is 1. The fourth-order valence-corrected chi connectivity index (χ4v) is 3.90. The van der Waals surface area contributed by atoms with Crippen molar-refractivity contribution in [2.24, 2.45) is 0 Å². The first-order valence-electron chi connectivity index (χ1n) is 11.0. The highest BCUT2D eigenvalue weighted by Crippen LogP contribution is 2.31. The van der Waals surface area contributed by atoms with Crippen molar-refractivity contribution >= 4 is 29.2 Å². The quantitative estimate of drug-likeness (QED) is 0.332. The molecule has 2 aromatic rings. The van der Waals surface area contributed by atoms with Crippen LogP contribution in [0.2, 0.25) is 0 Å². The van der Waals surface area contributed by atoms with Crippen molar-refractivity contribution in [1.29, 1.82) is 0 Å². The van der Waals surface area contributed by atoms with Gasteiger partial charge >= 0.3 is 5.97 Å². The zero-order chi connectivity index (χ0) is 24.7. The Balaban J connectivity index is 1.84. The molecule has 1 heterocycles. The predicted molar refractivity (Wildman–Crippen MR) is 125 cm³/mol. The smallest absolute Gasteiger partial charge is 0.307 e. The second-order valence-corrected chi connectivity index (χ2v) is 7.99. The largest absolute Gasteiger partial charge is 0.469 e. The van der Waals surface area contributed by atoms with Gasteiger partial charge in [-0.15, -0.1) is 0 Å². The third-order valence-electron chi connectivity index (χ3n) is 5.80. The molecular weight excluding hydrogens is 440 g/mol. The van der Waals surface area contributed by atoms with E-state index in [1.807, 2.05) is 35.2 Å². The summed E-state index contributed by atoms with van der Waals surface area (Å²) in [5.74, 6) is -0.888. The maximum atomic E-state index is 13.3. The molecule has 10 nitrogen and oxygen atoms in total. The van der Waals surface area contributed by atoms with Crippen molar-refractivity contribution in [3.63, 3.8) is 0 Å². The second kappa shape index (κ2) is 11.3. The molecule has 180 valence electrons. The minimum absolute atomic E-state index is 0.00960. The van der Waals surface area contributed by atoms with Gasteiger partial charge in [-0.05, 0) is 17.7 Å². The molecule has 0 bridgehead atoms. The van der Waals surface area contributed by atoms with Gasteiger partial charge in [-0.2, -0.15) is 0 Å². The number of ether oxygens (including phenoxy) is 1. The molecule has 1 saturated heterocycles. The van der Waals surface area contributed by atoms with E-state index in [0.717, 1.165) is 5.56 Å². The van der Waals surface area contributed by atoms with Gasteiger partial charge in [0.1, 0.15) is 5.69 Å². The zero-order valence-corrected chi connectivity index (χ0v) is 19.3. The number of amides is 2. The first-order chi connectivity index (χ1) is 16.3. The summed E-state index contributed by atoms with van der Waals surface area (Å²) in [5, 5.41) is 11.9. The van der Waals surface area contributed by atoms with Crippen LogP contribution in [0.3, 0.4) is 0 Å². The molecule has 1 aliphatic rings. The van der Waals surface area contributed by atoms with Gasteiger partial charge in [-0.25, -0.2) is 0 Å². The summed E-state index contributed by atoms with van der Waals surface area (Å²) in [7, 11) is 1.28. The molecular formula is C24H28N4O6. The van der Waals surface area contributed by atoms with E-state index >= 15 is 0 Å². The molecule has 1 fully saturated rings. The number of carbonyl (C=O) groups is 3. The van der Waals surface area contributed by atoms with Gasteiger partial charge < -0.3 is 19.4 Å². The van der Waals surface area contributed by atoms with Crippen molar-refractivity contribution in [3.8, 4) is 0 Å². The Kier molecular flexibility index (Phi) is 8.18. The topological polar surface area (TPSA) is 113 Å². The average Bonchev–Trinajstić information content (AvgIpc) is 2.86. The molecule has 0 spiro atoms. The number of carbonyl (C=O) groups excluding carboxylic acids is 3. The highest BCUT2D eigenvalue weighted by atomic mass is 16.6. The Bertz CT molecular complexity index is 1050. The minimum atomic E-state index is -0.501. The van der Waals surface area contributed by atoms with Crippen LogP contribution in [0.4, 0.5) is 11.4 Å². The summed E-state index contributed by atoms with van der Waals surface area (Å²) in [5.41, 5.74) is 1.28. The molecule has 0 saturated carbocycles. The molecule has 10 heteroatoms. The lowest BCUT2D eigenvalue weighted by Gasteiger charge is -2.35. The van der Waals surface area contributed by atoms with Crippen LogP contribution in [0.25, 0.3) is 0 Å². The number of nitrogens with zero attached hydrogens (tertiary/aromatic N) is 4. The van der Waals surface area contributed by atoms with Crippen LogP contribution in [0.15, 0.2) is 48.5 Å². The summed E-state index contributed by atoms with van der Waals surface area (Å²) < 4.78 is 4.70. The van der Waals surface area contributed by atoms with E-state index in [0.29, 0.717) is 31.9 Å². The Morgan fingerprint density at radius 3 is 2.32 bits per heavy atom. The van der Waals surface area contributed by atoms with Crippen molar-refractivity contribution in [3.05, 3.63) is 69.8 Å². The predicted octanol–water partition coefficient (Wildman–Crippen LogP) is 2.47. The van der Waals surface area contributed by atoms with Crippen LogP contribution >= 0.6 is 0 Å². The number of hydrogen-bond acceptors (Lipinski definition) is 7. The summed E-state index contributed by atoms with van der Waals surface area (Å²) in [4.78, 5) is 53.0. The fourth-order valence-electron chi connectivity index (χ4n) is 3.90. The van der Waals surface area contributed by atoms with Crippen LogP contribution in [0.5, 0.6) is 0 Å². The molecule has 0 atom stereocenters. The maximum Gasteiger partial charge on any atom is 0.307 e. The summed E-state index contributed by atoms with van der Waals surface area (Å²) in [6.07, 6.45) is 0.00960. The summed E-state index contributed by atoms with van der Waals surface area (Å²) in [6, 6.07) is 13.7. The molecule has 0 aromatic heterocycles. The lowest BCUT2D eigenvalue weighted by atomic mass is 10.1. The Morgan fingerprint density at radius 2 is 1.74 bits per heavy atom. The number of methoxy groups -OCH3 is 1. The second-order valence-electron chi connectivity index (χ2n) is 7.99. The number of nitro groups is 1. The average molecular weight is 469 g/mol. The van der Waals surface area contributed by atoms with Crippen molar-refractivity contribution in [1.82, 2.24) is 9.80 Å². The molecule has 34 heavy (non-hydrogen) atoms. The number of nitro benzene ring substituents is 1. The summed E-state index contributed by atoms with van der Waals surface area (Å²) in [6.45, 7) is 3.75. The van der Waals surface area contributed by atoms with Crippen LogP contribution in [-0.4, -0.2) is 72.3 Å². The Morgan fingerprint density at radius 1 is 1.06 bits per heavy atom. The molecule has 0 aliphatic carbocycles. The van der Waals surface area contributed by atoms with E-state index < -0.39 is 16.8 Å². The molecule has 0 unspecified atom stereocenters. The molecule has 0 N–H and O–H groups in total. The van der Waals surface area contributed by atoms with Gasteiger partial charge in [0.25, 0.3) is 11.6 Å². The van der Waals surface area contributed by atoms with Crippen LogP contribution < -0.4 is 4.90 Å². The lowest BCUT2D eigenvalue weighted by molar-refractivity contribution is -0.384. The summed E-state index contributed by atoms with van der Waals surface area (Å²) >= 11 is 0. The molecule has 1 aliphatic heterocycles. The van der Waals surface area contributed by atoms with Crippen molar-refractivity contribution in [2.45, 2.75) is 19.9 Å². The van der Waals surface area contributed by atoms with E-state index in [-0.39, 0.29) is 36.7 Å². The Hall–Kier alpha value is -3.95. The molecule has 3 rings (SSSR count). The lowest BCUT2D eigenvalue weighted by Crippen LogP contribution is -2.48. The van der Waals surface area contributed by atoms with Gasteiger partial charge in [0.05, 0.1) is 18.5 Å². The maximum absolute atomic E-state index is 13.3. The molecule has 2 amide bonds. The van der Waals surface area contributed by atoms with Crippen molar-refractivity contribution in [2.75, 3.05) is 44.7 Å². The van der Waals surface area contributed by atoms with Gasteiger partial charge in [0, 0.05) is 57.8 Å². The van der Waals surface area contributed by atoms with Gasteiger partial charge in [0.15, 0.2) is 0 Å². The van der Waals surface area contributed by atoms with Gasteiger partial charge in [0.2, 0.25) is 5.91 Å². The van der Waals surface area contributed by atoms with Crippen molar-refractivity contribution < 1.29 is 24.0 Å². The highest BCUT2D eigenvalue weighted by Gasteiger charge is 2.27. The number of benzene rings is 2.